The average molecular weight is 405 g/mol. The van der Waals surface area contributed by atoms with Crippen molar-refractivity contribution >= 4 is 30.5 Å². The van der Waals surface area contributed by atoms with Gasteiger partial charge in [-0.1, -0.05) is 0 Å². The fraction of sp³-hybridized carbons (Fsp3) is 0.500. The fourth-order valence-electron chi connectivity index (χ4n) is 2.63. The van der Waals surface area contributed by atoms with Gasteiger partial charge in [-0.25, -0.2) is 9.59 Å². The summed E-state index contributed by atoms with van der Waals surface area (Å²) in [6, 6.07) is 1.36. The van der Waals surface area contributed by atoms with Gasteiger partial charge in [-0.3, -0.25) is 9.78 Å². The summed E-state index contributed by atoms with van der Waals surface area (Å²) in [7, 11) is 1.84. The van der Waals surface area contributed by atoms with Crippen LogP contribution in [0, 0.1) is 0 Å². The van der Waals surface area contributed by atoms with Crippen LogP contribution < -0.4 is 5.32 Å². The molecule has 11 heteroatoms. The average Bonchev–Trinajstić information content (AvgIpc) is 2.62. The summed E-state index contributed by atoms with van der Waals surface area (Å²) in [4.78, 5) is 41.5. The number of esters is 2. The Morgan fingerprint density at radius 2 is 1.96 bits per heavy atom. The second-order valence-corrected chi connectivity index (χ2v) is 7.15. The van der Waals surface area contributed by atoms with Gasteiger partial charge in [-0.2, -0.15) is 25.8 Å². The van der Waals surface area contributed by atoms with Crippen LogP contribution in [0.3, 0.4) is 0 Å². The summed E-state index contributed by atoms with van der Waals surface area (Å²) in [5, 5.41) is 2.35. The first-order valence-electron chi connectivity index (χ1n) is 7.97. The van der Waals surface area contributed by atoms with Crippen LogP contribution in [-0.4, -0.2) is 64.8 Å². The number of nitrogens with zero attached hydrogens (tertiary/aromatic N) is 2. The van der Waals surface area contributed by atoms with Gasteiger partial charge in [0.25, 0.3) is 5.91 Å². The number of nitrogens with one attached hydrogen (secondary N) is 1. The number of piperidine rings is 1. The lowest BCUT2D eigenvalue weighted by molar-refractivity contribution is -0.202. The molecule has 1 atom stereocenters. The summed E-state index contributed by atoms with van der Waals surface area (Å²) in [5.41, 5.74) is 0.0994. The number of carbonyl (C=O) groups excluding carboxylic acids is 3. The second kappa shape index (κ2) is 8.26. The van der Waals surface area contributed by atoms with Crippen molar-refractivity contribution in [3.63, 3.8) is 0 Å². The van der Waals surface area contributed by atoms with Crippen molar-refractivity contribution < 1.29 is 32.3 Å². The minimum absolute atomic E-state index is 0.0994. The number of ether oxygens (including phenoxy) is 1. The number of alkyl halides is 3. The van der Waals surface area contributed by atoms with E-state index in [1.165, 1.54) is 24.5 Å². The Kier molecular flexibility index (Phi) is 6.47. The van der Waals surface area contributed by atoms with E-state index < -0.39 is 34.8 Å². The van der Waals surface area contributed by atoms with Crippen molar-refractivity contribution in [3.8, 4) is 0 Å². The highest BCUT2D eigenvalue weighted by Crippen LogP contribution is 2.33. The maximum Gasteiger partial charge on any atom is 0.491 e. The van der Waals surface area contributed by atoms with Crippen molar-refractivity contribution in [2.24, 2.45) is 0 Å². The molecule has 1 aromatic heterocycles. The number of pyridine rings is 1. The molecule has 7 nitrogen and oxygen atoms in total. The number of hydrogen-bond donors (Lipinski definition) is 2. The van der Waals surface area contributed by atoms with E-state index in [1.54, 1.807) is 0 Å². The predicted molar refractivity (Wildman–Crippen MR) is 91.1 cm³/mol. The lowest BCUT2D eigenvalue weighted by atomic mass is 9.88. The normalized spacial score (nSPS) is 18.4. The number of hydrogen-bond acceptors (Lipinski definition) is 7. The van der Waals surface area contributed by atoms with Crippen molar-refractivity contribution in [3.05, 3.63) is 30.1 Å². The van der Waals surface area contributed by atoms with Crippen LogP contribution in [0.25, 0.3) is 0 Å². The zero-order valence-corrected chi connectivity index (χ0v) is 15.2. The van der Waals surface area contributed by atoms with Crippen LogP contribution in [0.1, 0.15) is 23.2 Å². The van der Waals surface area contributed by atoms with Crippen molar-refractivity contribution in [2.75, 3.05) is 20.1 Å². The Hall–Kier alpha value is -2.14. The molecule has 148 valence electrons. The van der Waals surface area contributed by atoms with Crippen molar-refractivity contribution in [2.45, 2.75) is 29.8 Å². The summed E-state index contributed by atoms with van der Waals surface area (Å²) in [6.07, 6.45) is -2.08. The zero-order valence-electron chi connectivity index (χ0n) is 14.3. The maximum absolute atomic E-state index is 12.4. The molecule has 0 unspecified atom stereocenters. The van der Waals surface area contributed by atoms with Crippen LogP contribution in [0.2, 0.25) is 0 Å². The number of thiol groups is 1. The molecule has 27 heavy (non-hydrogen) atoms. The largest absolute Gasteiger partial charge is 0.491 e. The Bertz CT molecular complexity index is 707. The molecule has 1 N–H and O–H groups in total. The van der Waals surface area contributed by atoms with Gasteiger partial charge in [-0.15, -0.1) is 0 Å². The summed E-state index contributed by atoms with van der Waals surface area (Å²) in [6.45, 7) is 1.01. The third-order valence-electron chi connectivity index (χ3n) is 4.25. The Morgan fingerprint density at radius 1 is 1.33 bits per heavy atom. The molecule has 0 aliphatic carbocycles. The van der Waals surface area contributed by atoms with E-state index in [2.05, 4.69) is 27.7 Å². The van der Waals surface area contributed by atoms with E-state index >= 15 is 0 Å². The first-order chi connectivity index (χ1) is 12.5. The molecular weight excluding hydrogens is 387 g/mol. The number of aromatic nitrogens is 1. The van der Waals surface area contributed by atoms with E-state index in [0.29, 0.717) is 25.9 Å². The summed E-state index contributed by atoms with van der Waals surface area (Å²) >= 11 is 4.46. The standard InChI is InChI=1S/C16H18F3N3O4S/c1-22-7-4-15(27,5-8-22)11(13(24)26-14(25)16(17,18)19)21-12(23)10-3-2-6-20-9-10/h2-3,6,9,11,27H,4-5,7-8H2,1H3,(H,21,23)/t11-/m0/s1. The smallest absolute Gasteiger partial charge is 0.385 e. The summed E-state index contributed by atoms with van der Waals surface area (Å²) < 4.78 is 40.1. The van der Waals surface area contributed by atoms with E-state index in [9.17, 15) is 27.6 Å². The molecule has 1 saturated heterocycles. The second-order valence-electron chi connectivity index (χ2n) is 6.26. The molecule has 0 spiro atoms. The van der Waals surface area contributed by atoms with Gasteiger partial charge in [0.05, 0.1) is 5.56 Å². The number of likely N-dealkylation sites (tertiary alicyclic amines) is 1. The van der Waals surface area contributed by atoms with Crippen LogP contribution >= 0.6 is 12.6 Å². The predicted octanol–water partition coefficient (Wildman–Crippen LogP) is 1.21. The van der Waals surface area contributed by atoms with E-state index in [1.807, 2.05) is 11.9 Å². The molecule has 1 amide bonds. The molecule has 0 radical (unpaired) electrons. The number of rotatable bonds is 4. The minimum atomic E-state index is -5.33. The lowest BCUT2D eigenvalue weighted by Gasteiger charge is -2.41. The highest BCUT2D eigenvalue weighted by atomic mass is 32.1. The Morgan fingerprint density at radius 3 is 2.48 bits per heavy atom. The van der Waals surface area contributed by atoms with Crippen LogP contribution in [0.15, 0.2) is 24.5 Å². The van der Waals surface area contributed by atoms with E-state index in [-0.39, 0.29) is 5.56 Å². The van der Waals surface area contributed by atoms with Crippen LogP contribution in [0.4, 0.5) is 13.2 Å². The monoisotopic (exact) mass is 405 g/mol. The quantitative estimate of drug-likeness (QED) is 0.445. The molecule has 1 aromatic rings. The number of amides is 1. The molecular formula is C16H18F3N3O4S. The molecule has 1 aliphatic heterocycles. The molecule has 2 rings (SSSR count). The SMILES string of the molecule is CN1CCC(S)([C@@H](NC(=O)c2cccnc2)C(=O)OC(=O)C(F)(F)F)CC1. The first kappa shape index (κ1) is 21.2. The third-order valence-corrected chi connectivity index (χ3v) is 4.96. The third kappa shape index (κ3) is 5.42. The van der Waals surface area contributed by atoms with Gasteiger partial charge in [-0.05, 0) is 45.1 Å². The van der Waals surface area contributed by atoms with Gasteiger partial charge in [0.15, 0.2) is 0 Å². The fourth-order valence-corrected chi connectivity index (χ4v) is 3.00. The summed E-state index contributed by atoms with van der Waals surface area (Å²) in [5.74, 6) is -4.89. The minimum Gasteiger partial charge on any atom is -0.385 e. The highest BCUT2D eigenvalue weighted by molar-refractivity contribution is 7.82. The Balaban J connectivity index is 2.24. The van der Waals surface area contributed by atoms with Gasteiger partial charge in [0, 0.05) is 17.1 Å². The maximum atomic E-state index is 12.4. The van der Waals surface area contributed by atoms with Crippen LogP contribution in [-0.2, 0) is 14.3 Å². The zero-order chi connectivity index (χ0) is 20.2. The van der Waals surface area contributed by atoms with Crippen LogP contribution in [0.5, 0.6) is 0 Å². The van der Waals surface area contributed by atoms with Gasteiger partial charge in [0.1, 0.15) is 6.04 Å². The Labute approximate surface area is 158 Å². The van der Waals surface area contributed by atoms with E-state index in [4.69, 9.17) is 0 Å². The number of carbonyl (C=O) groups is 3. The highest BCUT2D eigenvalue weighted by Gasteiger charge is 2.48. The topological polar surface area (TPSA) is 88.6 Å². The molecule has 0 bridgehead atoms. The van der Waals surface area contributed by atoms with Gasteiger partial charge in [0.2, 0.25) is 0 Å². The molecule has 0 aromatic carbocycles. The van der Waals surface area contributed by atoms with Crippen molar-refractivity contribution in [1.29, 1.82) is 0 Å². The first-order valence-corrected chi connectivity index (χ1v) is 8.42. The molecule has 1 fully saturated rings. The lowest BCUT2D eigenvalue weighted by Crippen LogP contribution is -2.59. The number of halogens is 3. The van der Waals surface area contributed by atoms with Gasteiger partial charge >= 0.3 is 18.1 Å². The van der Waals surface area contributed by atoms with E-state index in [0.717, 1.165) is 0 Å². The molecule has 2 heterocycles. The van der Waals surface area contributed by atoms with Gasteiger partial charge < -0.3 is 15.0 Å². The van der Waals surface area contributed by atoms with Crippen molar-refractivity contribution in [1.82, 2.24) is 15.2 Å². The molecule has 0 saturated carbocycles. The molecule has 1 aliphatic rings.